The van der Waals surface area contributed by atoms with Crippen molar-refractivity contribution in [2.45, 2.75) is 26.1 Å². The number of aromatic nitrogens is 2. The molecule has 3 nitrogen and oxygen atoms in total. The van der Waals surface area contributed by atoms with E-state index in [1.165, 1.54) is 30.5 Å². The second-order valence-electron chi connectivity index (χ2n) is 5.12. The smallest absolute Gasteiger partial charge is 0.289 e. The van der Waals surface area contributed by atoms with Crippen LogP contribution in [0.1, 0.15) is 41.4 Å². The first-order valence-corrected chi connectivity index (χ1v) is 6.71. The number of ketones is 1. The maximum Gasteiger partial charge on any atom is 0.416 e. The summed E-state index contributed by atoms with van der Waals surface area (Å²) < 4.78 is 39.5. The third-order valence-electron chi connectivity index (χ3n) is 3.06. The third kappa shape index (κ3) is 3.84. The summed E-state index contributed by atoms with van der Waals surface area (Å²) in [5, 5.41) is 4.05. The summed E-state index contributed by atoms with van der Waals surface area (Å²) >= 11 is 0. The van der Waals surface area contributed by atoms with E-state index in [4.69, 9.17) is 0 Å². The first-order valence-electron chi connectivity index (χ1n) is 6.71. The molecule has 6 heteroatoms. The summed E-state index contributed by atoms with van der Waals surface area (Å²) in [5.74, 6) is -0.302. The van der Waals surface area contributed by atoms with Gasteiger partial charge in [0.15, 0.2) is 5.78 Å². The molecule has 0 atom stereocenters. The Morgan fingerprint density at radius 1 is 1.32 bits per heavy atom. The summed E-state index contributed by atoms with van der Waals surface area (Å²) in [6.45, 7) is 3.86. The standard InChI is InChI=1S/C16H15F3N2O/c1-11(2)21-10-13(9-20-21)15(22)7-6-12-4-3-5-14(8-12)16(17,18)19/h3-11H,1-2H3. The Kier molecular flexibility index (Phi) is 4.49. The highest BCUT2D eigenvalue weighted by Crippen LogP contribution is 2.29. The van der Waals surface area contributed by atoms with Crippen LogP contribution in [-0.2, 0) is 6.18 Å². The lowest BCUT2D eigenvalue weighted by atomic mass is 10.1. The van der Waals surface area contributed by atoms with Crippen LogP contribution >= 0.6 is 0 Å². The molecule has 0 radical (unpaired) electrons. The molecule has 0 aliphatic rings. The van der Waals surface area contributed by atoms with E-state index < -0.39 is 11.7 Å². The molecule has 0 aliphatic heterocycles. The lowest BCUT2D eigenvalue weighted by molar-refractivity contribution is -0.137. The fourth-order valence-corrected chi connectivity index (χ4v) is 1.83. The minimum absolute atomic E-state index is 0.133. The number of carbonyl (C=O) groups excluding carboxylic acids is 1. The van der Waals surface area contributed by atoms with Crippen molar-refractivity contribution >= 4 is 11.9 Å². The summed E-state index contributed by atoms with van der Waals surface area (Å²) in [5.41, 5.74) is -0.0221. The Labute approximate surface area is 126 Å². The van der Waals surface area contributed by atoms with Crippen LogP contribution in [0.15, 0.2) is 42.7 Å². The minimum Gasteiger partial charge on any atom is -0.289 e. The molecule has 0 unspecified atom stereocenters. The molecule has 2 aromatic rings. The lowest BCUT2D eigenvalue weighted by Crippen LogP contribution is -2.04. The zero-order chi connectivity index (χ0) is 16.3. The molecule has 0 aliphatic carbocycles. The number of halogens is 3. The summed E-state index contributed by atoms with van der Waals surface area (Å²) in [4.78, 5) is 12.0. The zero-order valence-corrected chi connectivity index (χ0v) is 12.1. The van der Waals surface area contributed by atoms with Crippen LogP contribution in [0.3, 0.4) is 0 Å². The molecule has 0 bridgehead atoms. The molecule has 116 valence electrons. The average Bonchev–Trinajstić information content (AvgIpc) is 2.94. The predicted octanol–water partition coefficient (Wildman–Crippen LogP) is 4.38. The molecule has 0 saturated carbocycles. The van der Waals surface area contributed by atoms with Gasteiger partial charge in [0.1, 0.15) is 0 Å². The van der Waals surface area contributed by atoms with Gasteiger partial charge in [-0.2, -0.15) is 18.3 Å². The zero-order valence-electron chi connectivity index (χ0n) is 12.1. The van der Waals surface area contributed by atoms with Crippen LogP contribution in [0.4, 0.5) is 13.2 Å². The summed E-state index contributed by atoms with van der Waals surface area (Å²) in [6.07, 6.45) is 1.27. The van der Waals surface area contributed by atoms with Gasteiger partial charge in [0.25, 0.3) is 0 Å². The lowest BCUT2D eigenvalue weighted by Gasteiger charge is -2.06. The number of benzene rings is 1. The highest BCUT2D eigenvalue weighted by molar-refractivity contribution is 6.06. The first kappa shape index (κ1) is 16.0. The van der Waals surface area contributed by atoms with Gasteiger partial charge in [-0.05, 0) is 37.6 Å². The first-order chi connectivity index (χ1) is 10.3. The highest BCUT2D eigenvalue weighted by Gasteiger charge is 2.30. The molecule has 1 aromatic carbocycles. The Bertz CT molecular complexity index is 699. The van der Waals surface area contributed by atoms with Crippen molar-refractivity contribution in [3.63, 3.8) is 0 Å². The van der Waals surface area contributed by atoms with Crippen LogP contribution < -0.4 is 0 Å². The molecule has 22 heavy (non-hydrogen) atoms. The molecule has 0 N–H and O–H groups in total. The number of hydrogen-bond donors (Lipinski definition) is 0. The van der Waals surface area contributed by atoms with Gasteiger partial charge in [-0.25, -0.2) is 0 Å². The summed E-state index contributed by atoms with van der Waals surface area (Å²) in [6, 6.07) is 4.95. The molecule has 0 fully saturated rings. The number of allylic oxidation sites excluding steroid dienone is 1. The van der Waals surface area contributed by atoms with E-state index >= 15 is 0 Å². The number of hydrogen-bond acceptors (Lipinski definition) is 2. The molecule has 1 aromatic heterocycles. The maximum absolute atomic E-state index is 12.6. The van der Waals surface area contributed by atoms with Crippen molar-refractivity contribution < 1.29 is 18.0 Å². The van der Waals surface area contributed by atoms with E-state index in [1.807, 2.05) is 13.8 Å². The van der Waals surface area contributed by atoms with E-state index in [9.17, 15) is 18.0 Å². The third-order valence-corrected chi connectivity index (χ3v) is 3.06. The van der Waals surface area contributed by atoms with Gasteiger partial charge in [0.2, 0.25) is 0 Å². The van der Waals surface area contributed by atoms with Crippen LogP contribution in [0.5, 0.6) is 0 Å². The van der Waals surface area contributed by atoms with Gasteiger partial charge in [-0.15, -0.1) is 0 Å². The van der Waals surface area contributed by atoms with Crippen molar-refractivity contribution in [1.29, 1.82) is 0 Å². The normalized spacial score (nSPS) is 12.3. The molecular formula is C16H15F3N2O. The Hall–Kier alpha value is -2.37. The second-order valence-corrected chi connectivity index (χ2v) is 5.12. The number of carbonyl (C=O) groups is 1. The van der Waals surface area contributed by atoms with Crippen molar-refractivity contribution in [3.8, 4) is 0 Å². The Balaban J connectivity index is 2.15. The monoisotopic (exact) mass is 308 g/mol. The predicted molar refractivity (Wildman–Crippen MR) is 77.4 cm³/mol. The Morgan fingerprint density at radius 2 is 2.05 bits per heavy atom. The minimum atomic E-state index is -4.40. The fraction of sp³-hybridized carbons (Fsp3) is 0.250. The van der Waals surface area contributed by atoms with Gasteiger partial charge in [0, 0.05) is 12.2 Å². The SMILES string of the molecule is CC(C)n1cc(C(=O)C=Cc2cccc(C(F)(F)F)c2)cn1. The highest BCUT2D eigenvalue weighted by atomic mass is 19.4. The molecule has 0 amide bonds. The maximum atomic E-state index is 12.6. The molecular weight excluding hydrogens is 293 g/mol. The second kappa shape index (κ2) is 6.17. The number of rotatable bonds is 4. The molecule has 0 spiro atoms. The van der Waals surface area contributed by atoms with Gasteiger partial charge in [-0.1, -0.05) is 18.2 Å². The quantitative estimate of drug-likeness (QED) is 0.620. The summed E-state index contributed by atoms with van der Waals surface area (Å²) in [7, 11) is 0. The van der Waals surface area contributed by atoms with Crippen LogP contribution in [0.2, 0.25) is 0 Å². The molecule has 1 heterocycles. The average molecular weight is 308 g/mol. The van der Waals surface area contributed by atoms with Crippen molar-refractivity contribution in [2.75, 3.05) is 0 Å². The molecule has 2 rings (SSSR count). The number of alkyl halides is 3. The van der Waals surface area contributed by atoms with Crippen molar-refractivity contribution in [1.82, 2.24) is 9.78 Å². The van der Waals surface area contributed by atoms with Crippen LogP contribution in [0, 0.1) is 0 Å². The van der Waals surface area contributed by atoms with Crippen molar-refractivity contribution in [2.24, 2.45) is 0 Å². The largest absolute Gasteiger partial charge is 0.416 e. The van der Waals surface area contributed by atoms with E-state index in [0.29, 0.717) is 11.1 Å². The van der Waals surface area contributed by atoms with E-state index in [2.05, 4.69) is 5.10 Å². The van der Waals surface area contributed by atoms with E-state index in [1.54, 1.807) is 10.9 Å². The van der Waals surface area contributed by atoms with Gasteiger partial charge in [0.05, 0.1) is 17.3 Å². The number of nitrogens with zero attached hydrogens (tertiary/aromatic N) is 2. The van der Waals surface area contributed by atoms with Crippen LogP contribution in [-0.4, -0.2) is 15.6 Å². The molecule has 0 saturated heterocycles. The van der Waals surface area contributed by atoms with Crippen molar-refractivity contribution in [3.05, 3.63) is 59.4 Å². The van der Waals surface area contributed by atoms with Gasteiger partial charge < -0.3 is 0 Å². The van der Waals surface area contributed by atoms with E-state index in [0.717, 1.165) is 12.1 Å². The van der Waals surface area contributed by atoms with E-state index in [-0.39, 0.29) is 11.8 Å². The Morgan fingerprint density at radius 3 is 2.64 bits per heavy atom. The van der Waals surface area contributed by atoms with Crippen LogP contribution in [0.25, 0.3) is 6.08 Å². The fourth-order valence-electron chi connectivity index (χ4n) is 1.83. The topological polar surface area (TPSA) is 34.9 Å². The van der Waals surface area contributed by atoms with Gasteiger partial charge >= 0.3 is 6.18 Å². The van der Waals surface area contributed by atoms with Gasteiger partial charge in [-0.3, -0.25) is 9.48 Å².